The van der Waals surface area contributed by atoms with Crippen molar-refractivity contribution in [2.24, 2.45) is 0 Å². The molecule has 1 atom stereocenters. The predicted octanol–water partition coefficient (Wildman–Crippen LogP) is 3.33. The molecule has 0 saturated carbocycles. The molecule has 0 aliphatic carbocycles. The lowest BCUT2D eigenvalue weighted by atomic mass is 10.1. The summed E-state index contributed by atoms with van der Waals surface area (Å²) < 4.78 is 11.5. The number of hydrogen-bond acceptors (Lipinski definition) is 3. The molecule has 0 saturated heterocycles. The molecule has 1 N–H and O–H groups in total. The van der Waals surface area contributed by atoms with Crippen LogP contribution in [0.1, 0.15) is 24.3 Å². The van der Waals surface area contributed by atoms with Gasteiger partial charge in [0.15, 0.2) is 0 Å². The molecule has 2 heterocycles. The number of hydrogen-bond donors (Lipinski definition) is 1. The first-order chi connectivity index (χ1) is 7.33. The van der Waals surface area contributed by atoms with E-state index in [1.54, 1.807) is 18.8 Å². The highest BCUT2D eigenvalue weighted by Crippen LogP contribution is 2.29. The van der Waals surface area contributed by atoms with Gasteiger partial charge in [0.2, 0.25) is 0 Å². The zero-order valence-electron chi connectivity index (χ0n) is 8.37. The Kier molecular flexibility index (Phi) is 3.28. The van der Waals surface area contributed by atoms with Crippen molar-refractivity contribution in [3.8, 4) is 0 Å². The maximum atomic E-state index is 5.45. The molecule has 0 fully saturated rings. The normalized spacial score (nSPS) is 12.9. The molecule has 0 spiro atoms. The second-order valence-corrected chi connectivity index (χ2v) is 4.03. The molecule has 0 aliphatic rings. The molecule has 0 aliphatic heterocycles. The monoisotopic (exact) mass is 269 g/mol. The fourth-order valence-corrected chi connectivity index (χ4v) is 1.95. The highest BCUT2D eigenvalue weighted by atomic mass is 79.9. The van der Waals surface area contributed by atoms with Gasteiger partial charge in [0, 0.05) is 5.56 Å². The molecule has 2 aromatic heterocycles. The second kappa shape index (κ2) is 4.68. The van der Waals surface area contributed by atoms with Crippen molar-refractivity contribution in [2.45, 2.75) is 13.0 Å². The smallest absolute Gasteiger partial charge is 0.139 e. The third-order valence-electron chi connectivity index (χ3n) is 2.19. The van der Waals surface area contributed by atoms with Crippen LogP contribution in [0.15, 0.2) is 44.2 Å². The minimum absolute atomic E-state index is 0.0399. The molecule has 1 unspecified atom stereocenters. The molecule has 2 rings (SSSR count). The van der Waals surface area contributed by atoms with E-state index >= 15 is 0 Å². The Hall–Kier alpha value is -1.00. The van der Waals surface area contributed by atoms with Gasteiger partial charge in [-0.3, -0.25) is 0 Å². The minimum Gasteiger partial charge on any atom is -0.472 e. The lowest BCUT2D eigenvalue weighted by Gasteiger charge is -2.13. The molecule has 80 valence electrons. The topological polar surface area (TPSA) is 38.3 Å². The summed E-state index contributed by atoms with van der Waals surface area (Å²) in [5, 5.41) is 3.34. The summed E-state index contributed by atoms with van der Waals surface area (Å²) in [5.41, 5.74) is 1.06. The standard InChI is InChI=1S/C11H12BrNO2/c1-2-13-10(8-3-5-14-7-8)11-9(12)4-6-15-11/h3-7,10,13H,2H2,1H3. The molecule has 0 radical (unpaired) electrons. The van der Waals surface area contributed by atoms with Crippen LogP contribution in [0.4, 0.5) is 0 Å². The molecular formula is C11H12BrNO2. The van der Waals surface area contributed by atoms with Crippen LogP contribution in [0.5, 0.6) is 0 Å². The Bertz CT molecular complexity index is 408. The Labute approximate surface area is 96.6 Å². The van der Waals surface area contributed by atoms with E-state index in [2.05, 4.69) is 28.2 Å². The molecule has 0 aromatic carbocycles. The summed E-state index contributed by atoms with van der Waals surface area (Å²) in [5.74, 6) is 0.873. The van der Waals surface area contributed by atoms with Gasteiger partial charge >= 0.3 is 0 Å². The molecule has 4 heteroatoms. The Morgan fingerprint density at radius 3 is 2.80 bits per heavy atom. The summed E-state index contributed by atoms with van der Waals surface area (Å²) in [6, 6.07) is 3.86. The third kappa shape index (κ3) is 2.16. The largest absolute Gasteiger partial charge is 0.472 e. The summed E-state index contributed by atoms with van der Waals surface area (Å²) in [4.78, 5) is 0. The summed E-state index contributed by atoms with van der Waals surface area (Å²) >= 11 is 3.46. The van der Waals surface area contributed by atoms with E-state index < -0.39 is 0 Å². The van der Waals surface area contributed by atoms with Crippen LogP contribution in [0, 0.1) is 0 Å². The maximum Gasteiger partial charge on any atom is 0.139 e. The second-order valence-electron chi connectivity index (χ2n) is 3.18. The van der Waals surface area contributed by atoms with Crippen molar-refractivity contribution in [2.75, 3.05) is 6.54 Å². The van der Waals surface area contributed by atoms with Crippen molar-refractivity contribution in [1.82, 2.24) is 5.32 Å². The van der Waals surface area contributed by atoms with Crippen molar-refractivity contribution < 1.29 is 8.83 Å². The quantitative estimate of drug-likeness (QED) is 0.926. The van der Waals surface area contributed by atoms with Crippen LogP contribution < -0.4 is 5.32 Å². The van der Waals surface area contributed by atoms with Crippen LogP contribution in [-0.2, 0) is 0 Å². The number of halogens is 1. The average molecular weight is 270 g/mol. The highest BCUT2D eigenvalue weighted by Gasteiger charge is 2.19. The van der Waals surface area contributed by atoms with Crippen LogP contribution >= 0.6 is 15.9 Å². The minimum atomic E-state index is 0.0399. The van der Waals surface area contributed by atoms with Gasteiger partial charge in [0.1, 0.15) is 5.76 Å². The lowest BCUT2D eigenvalue weighted by molar-refractivity contribution is 0.446. The molecule has 15 heavy (non-hydrogen) atoms. The van der Waals surface area contributed by atoms with E-state index in [0.29, 0.717) is 0 Å². The number of nitrogens with one attached hydrogen (secondary N) is 1. The lowest BCUT2D eigenvalue weighted by Crippen LogP contribution is -2.21. The maximum absolute atomic E-state index is 5.45. The van der Waals surface area contributed by atoms with Crippen molar-refractivity contribution in [3.63, 3.8) is 0 Å². The summed E-state index contributed by atoms with van der Waals surface area (Å²) in [7, 11) is 0. The van der Waals surface area contributed by atoms with Crippen molar-refractivity contribution in [3.05, 3.63) is 46.7 Å². The van der Waals surface area contributed by atoms with Gasteiger partial charge in [0.05, 0.1) is 29.3 Å². The number of rotatable bonds is 4. The third-order valence-corrected chi connectivity index (χ3v) is 2.85. The molecule has 0 bridgehead atoms. The van der Waals surface area contributed by atoms with Crippen LogP contribution in [-0.4, -0.2) is 6.54 Å². The van der Waals surface area contributed by atoms with Gasteiger partial charge in [-0.25, -0.2) is 0 Å². The van der Waals surface area contributed by atoms with Crippen molar-refractivity contribution in [1.29, 1.82) is 0 Å². The van der Waals surface area contributed by atoms with Crippen LogP contribution in [0.3, 0.4) is 0 Å². The molecule has 3 nitrogen and oxygen atoms in total. The Morgan fingerprint density at radius 1 is 1.40 bits per heavy atom. The zero-order chi connectivity index (χ0) is 10.7. The summed E-state index contributed by atoms with van der Waals surface area (Å²) in [6.45, 7) is 2.92. The fraction of sp³-hybridized carbons (Fsp3) is 0.273. The SMILES string of the molecule is CCNC(c1ccoc1)c1occc1Br. The Morgan fingerprint density at radius 2 is 2.27 bits per heavy atom. The van der Waals surface area contributed by atoms with Crippen LogP contribution in [0.2, 0.25) is 0 Å². The van der Waals surface area contributed by atoms with Crippen molar-refractivity contribution >= 4 is 15.9 Å². The summed E-state index contributed by atoms with van der Waals surface area (Å²) in [6.07, 6.45) is 5.06. The van der Waals surface area contributed by atoms with E-state index in [4.69, 9.17) is 8.83 Å². The van der Waals surface area contributed by atoms with Gasteiger partial charge in [-0.15, -0.1) is 0 Å². The first-order valence-electron chi connectivity index (χ1n) is 4.81. The molecular weight excluding hydrogens is 258 g/mol. The predicted molar refractivity (Wildman–Crippen MR) is 60.6 cm³/mol. The Balaban J connectivity index is 2.32. The highest BCUT2D eigenvalue weighted by molar-refractivity contribution is 9.10. The van der Waals surface area contributed by atoms with E-state index in [1.807, 2.05) is 12.1 Å². The zero-order valence-corrected chi connectivity index (χ0v) is 9.95. The van der Waals surface area contributed by atoms with E-state index in [9.17, 15) is 0 Å². The van der Waals surface area contributed by atoms with Crippen LogP contribution in [0.25, 0.3) is 0 Å². The first kappa shape index (κ1) is 10.5. The van der Waals surface area contributed by atoms with Gasteiger partial charge in [-0.05, 0) is 34.6 Å². The number of furan rings is 2. The van der Waals surface area contributed by atoms with E-state index in [1.165, 1.54) is 0 Å². The fourth-order valence-electron chi connectivity index (χ4n) is 1.52. The molecule has 2 aromatic rings. The van der Waals surface area contributed by atoms with E-state index in [-0.39, 0.29) is 6.04 Å². The van der Waals surface area contributed by atoms with Gasteiger partial charge in [-0.2, -0.15) is 0 Å². The van der Waals surface area contributed by atoms with Gasteiger partial charge < -0.3 is 14.2 Å². The van der Waals surface area contributed by atoms with Gasteiger partial charge in [-0.1, -0.05) is 6.92 Å². The van der Waals surface area contributed by atoms with E-state index in [0.717, 1.165) is 22.3 Å². The first-order valence-corrected chi connectivity index (χ1v) is 5.60. The molecule has 0 amide bonds. The van der Waals surface area contributed by atoms with Gasteiger partial charge in [0.25, 0.3) is 0 Å². The average Bonchev–Trinajstić information content (AvgIpc) is 2.85.